The Hall–Kier alpha value is -2.24. The summed E-state index contributed by atoms with van der Waals surface area (Å²) in [6.45, 7) is 5.83. The van der Waals surface area contributed by atoms with Crippen LogP contribution in [0.4, 0.5) is 0 Å². The molecule has 0 unspecified atom stereocenters. The number of aromatic nitrogens is 1. The molecule has 2 aromatic heterocycles. The van der Waals surface area contributed by atoms with Gasteiger partial charge < -0.3 is 19.0 Å². The Labute approximate surface area is 116 Å². The molecule has 0 bridgehead atoms. The van der Waals surface area contributed by atoms with Crippen LogP contribution in [0.15, 0.2) is 22.8 Å². The summed E-state index contributed by atoms with van der Waals surface area (Å²) < 4.78 is 11.9. The molecule has 0 aliphatic carbocycles. The Morgan fingerprint density at radius 1 is 1.45 bits per heavy atom. The predicted octanol–water partition coefficient (Wildman–Crippen LogP) is 1.94. The van der Waals surface area contributed by atoms with Crippen LogP contribution >= 0.6 is 0 Å². The molecule has 0 radical (unpaired) electrons. The van der Waals surface area contributed by atoms with Crippen LogP contribution in [0.3, 0.4) is 0 Å². The first-order valence-corrected chi connectivity index (χ1v) is 6.56. The van der Waals surface area contributed by atoms with E-state index in [1.54, 1.807) is 23.6 Å². The summed E-state index contributed by atoms with van der Waals surface area (Å²) in [4.78, 5) is 23.8. The van der Waals surface area contributed by atoms with E-state index in [0.29, 0.717) is 16.8 Å². The van der Waals surface area contributed by atoms with Crippen molar-refractivity contribution in [3.63, 3.8) is 0 Å². The fourth-order valence-corrected chi connectivity index (χ4v) is 2.03. The number of amides is 1. The van der Waals surface area contributed by atoms with Crippen LogP contribution in [0.2, 0.25) is 0 Å². The molecule has 0 fully saturated rings. The van der Waals surface area contributed by atoms with Gasteiger partial charge in [-0.15, -0.1) is 0 Å². The van der Waals surface area contributed by atoms with E-state index in [2.05, 4.69) is 5.32 Å². The molecule has 20 heavy (non-hydrogen) atoms. The summed E-state index contributed by atoms with van der Waals surface area (Å²) in [5, 5.41) is 2.79. The van der Waals surface area contributed by atoms with Crippen molar-refractivity contribution >= 4 is 23.0 Å². The molecular weight excluding hydrogens is 260 g/mol. The monoisotopic (exact) mass is 278 g/mol. The zero-order valence-corrected chi connectivity index (χ0v) is 11.8. The summed E-state index contributed by atoms with van der Waals surface area (Å²) in [5.41, 5.74) is 1.58. The van der Waals surface area contributed by atoms with E-state index in [9.17, 15) is 9.59 Å². The highest BCUT2D eigenvalue weighted by atomic mass is 16.5. The molecule has 2 aromatic rings. The van der Waals surface area contributed by atoms with Gasteiger partial charge in [0.05, 0.1) is 18.4 Å². The maximum Gasteiger partial charge on any atom is 0.355 e. The van der Waals surface area contributed by atoms with Crippen LogP contribution in [-0.4, -0.2) is 29.1 Å². The van der Waals surface area contributed by atoms with Crippen molar-refractivity contribution < 1.29 is 18.7 Å². The molecule has 0 atom stereocenters. The molecule has 0 aromatic carbocycles. The van der Waals surface area contributed by atoms with Crippen molar-refractivity contribution in [2.24, 2.45) is 0 Å². The normalized spacial score (nSPS) is 11.0. The third-order valence-corrected chi connectivity index (χ3v) is 2.76. The molecule has 2 heterocycles. The molecule has 6 nitrogen and oxygen atoms in total. The molecule has 0 saturated carbocycles. The summed E-state index contributed by atoms with van der Waals surface area (Å²) in [5.74, 6) is -0.625. The number of esters is 1. The van der Waals surface area contributed by atoms with Crippen LogP contribution < -0.4 is 5.32 Å². The van der Waals surface area contributed by atoms with Crippen LogP contribution in [0.1, 0.15) is 31.3 Å². The molecule has 1 amide bonds. The fourth-order valence-electron chi connectivity index (χ4n) is 2.03. The number of carbonyl (C=O) groups is 2. The molecule has 0 spiro atoms. The van der Waals surface area contributed by atoms with Crippen LogP contribution in [0, 0.1) is 0 Å². The maximum absolute atomic E-state index is 11.9. The van der Waals surface area contributed by atoms with Gasteiger partial charge in [0.15, 0.2) is 5.58 Å². The zero-order valence-electron chi connectivity index (χ0n) is 11.8. The fraction of sp³-hybridized carbons (Fsp3) is 0.429. The summed E-state index contributed by atoms with van der Waals surface area (Å²) in [6.07, 6.45) is 1.52. The van der Waals surface area contributed by atoms with Crippen molar-refractivity contribution in [1.29, 1.82) is 0 Å². The lowest BCUT2D eigenvalue weighted by molar-refractivity contribution is -0.122. The van der Waals surface area contributed by atoms with Gasteiger partial charge in [0.1, 0.15) is 12.2 Å². The number of furan rings is 1. The Morgan fingerprint density at radius 2 is 2.20 bits per heavy atom. The van der Waals surface area contributed by atoms with Gasteiger partial charge in [-0.2, -0.15) is 0 Å². The number of nitrogens with one attached hydrogen (secondary N) is 1. The molecule has 6 heteroatoms. The van der Waals surface area contributed by atoms with Crippen molar-refractivity contribution in [2.45, 2.75) is 33.4 Å². The lowest BCUT2D eigenvalue weighted by Gasteiger charge is -2.11. The number of fused-ring (bicyclic) bond motifs is 1. The topological polar surface area (TPSA) is 73.5 Å². The van der Waals surface area contributed by atoms with Gasteiger partial charge in [-0.1, -0.05) is 0 Å². The first kappa shape index (κ1) is 14.2. The highest BCUT2D eigenvalue weighted by molar-refractivity contribution is 5.95. The quantitative estimate of drug-likeness (QED) is 0.848. The summed E-state index contributed by atoms with van der Waals surface area (Å²) >= 11 is 0. The highest BCUT2D eigenvalue weighted by Crippen LogP contribution is 2.21. The molecule has 0 aliphatic rings. The Bertz CT molecular complexity index is 624. The molecule has 0 aliphatic heterocycles. The van der Waals surface area contributed by atoms with Gasteiger partial charge in [0.2, 0.25) is 5.91 Å². The largest absolute Gasteiger partial charge is 0.463 e. The van der Waals surface area contributed by atoms with Crippen LogP contribution in [0.25, 0.3) is 11.1 Å². The minimum absolute atomic E-state index is 0.0453. The summed E-state index contributed by atoms with van der Waals surface area (Å²) in [7, 11) is 0. The maximum atomic E-state index is 11.9. The number of nitrogens with zero attached hydrogens (tertiary/aromatic N) is 1. The van der Waals surface area contributed by atoms with Gasteiger partial charge in [-0.25, -0.2) is 4.79 Å². The lowest BCUT2D eigenvalue weighted by atomic mass is 10.3. The second-order valence-corrected chi connectivity index (χ2v) is 4.73. The van der Waals surface area contributed by atoms with Gasteiger partial charge in [0, 0.05) is 18.2 Å². The average molecular weight is 278 g/mol. The zero-order chi connectivity index (χ0) is 14.7. The first-order valence-electron chi connectivity index (χ1n) is 6.56. The SMILES string of the molecule is CCOC(=O)c1cc2occc2n1CC(=O)NC(C)C. The van der Waals surface area contributed by atoms with Gasteiger partial charge in [-0.05, 0) is 20.8 Å². The Morgan fingerprint density at radius 3 is 2.85 bits per heavy atom. The second kappa shape index (κ2) is 5.81. The smallest absolute Gasteiger partial charge is 0.355 e. The summed E-state index contributed by atoms with van der Waals surface area (Å²) in [6, 6.07) is 3.36. The number of rotatable bonds is 5. The van der Waals surface area contributed by atoms with Crippen molar-refractivity contribution in [3.8, 4) is 0 Å². The average Bonchev–Trinajstić information content (AvgIpc) is 2.91. The number of ether oxygens (including phenoxy) is 1. The molecule has 2 rings (SSSR count). The molecular formula is C14H18N2O4. The minimum Gasteiger partial charge on any atom is -0.463 e. The van der Waals surface area contributed by atoms with Gasteiger partial charge in [0.25, 0.3) is 0 Å². The van der Waals surface area contributed by atoms with E-state index in [4.69, 9.17) is 9.15 Å². The predicted molar refractivity (Wildman–Crippen MR) is 73.4 cm³/mol. The first-order chi connectivity index (χ1) is 9.52. The third-order valence-electron chi connectivity index (χ3n) is 2.76. The Kier molecular flexibility index (Phi) is 4.12. The minimum atomic E-state index is -0.462. The van der Waals surface area contributed by atoms with E-state index in [1.165, 1.54) is 6.26 Å². The number of hydrogen-bond donors (Lipinski definition) is 1. The molecule has 108 valence electrons. The van der Waals surface area contributed by atoms with E-state index in [0.717, 1.165) is 0 Å². The number of hydrogen-bond acceptors (Lipinski definition) is 4. The van der Waals surface area contributed by atoms with E-state index >= 15 is 0 Å². The van der Waals surface area contributed by atoms with Crippen molar-refractivity contribution in [2.75, 3.05) is 6.61 Å². The molecule has 0 saturated heterocycles. The van der Waals surface area contributed by atoms with E-state index < -0.39 is 5.97 Å². The lowest BCUT2D eigenvalue weighted by Crippen LogP contribution is -2.33. The van der Waals surface area contributed by atoms with Gasteiger partial charge in [-0.3, -0.25) is 4.79 Å². The van der Waals surface area contributed by atoms with E-state index in [1.807, 2.05) is 13.8 Å². The van der Waals surface area contributed by atoms with Crippen LogP contribution in [-0.2, 0) is 16.1 Å². The van der Waals surface area contributed by atoms with Gasteiger partial charge >= 0.3 is 5.97 Å². The van der Waals surface area contributed by atoms with Crippen LogP contribution in [0.5, 0.6) is 0 Å². The van der Waals surface area contributed by atoms with Crippen molar-refractivity contribution in [3.05, 3.63) is 24.1 Å². The Balaban J connectivity index is 2.33. The second-order valence-electron chi connectivity index (χ2n) is 4.73. The standard InChI is InChI=1S/C14H18N2O4/c1-4-19-14(18)11-7-12-10(5-6-20-12)16(11)8-13(17)15-9(2)3/h5-7,9H,4,8H2,1-3H3,(H,15,17). The molecule has 1 N–H and O–H groups in total. The third kappa shape index (κ3) is 2.84. The highest BCUT2D eigenvalue weighted by Gasteiger charge is 2.20. The van der Waals surface area contributed by atoms with E-state index in [-0.39, 0.29) is 25.1 Å². The number of carbonyl (C=O) groups excluding carboxylic acids is 2. The van der Waals surface area contributed by atoms with Crippen molar-refractivity contribution in [1.82, 2.24) is 9.88 Å².